The van der Waals surface area contributed by atoms with Gasteiger partial charge in [0.15, 0.2) is 6.19 Å². The van der Waals surface area contributed by atoms with Gasteiger partial charge in [0.25, 0.3) is 5.91 Å². The van der Waals surface area contributed by atoms with Gasteiger partial charge in [-0.3, -0.25) is 10.2 Å². The molecule has 166 valence electrons. The number of aryl methyl sites for hydroxylation is 1. The minimum Gasteiger partial charge on any atom is -0.456 e. The molecule has 0 bridgehead atoms. The summed E-state index contributed by atoms with van der Waals surface area (Å²) in [6.45, 7) is 3.11. The molecule has 0 spiro atoms. The van der Waals surface area contributed by atoms with Gasteiger partial charge in [-0.25, -0.2) is 0 Å². The van der Waals surface area contributed by atoms with Gasteiger partial charge >= 0.3 is 0 Å². The van der Waals surface area contributed by atoms with E-state index in [9.17, 15) is 4.79 Å². The SMILES string of the molecule is Cc1ccc(Oc2ccc(C(=N)/C(C(N)=O)=C(/N)NC3CCCN(C#N)C3)cc2)c(Cl)c1. The van der Waals surface area contributed by atoms with Gasteiger partial charge in [-0.2, -0.15) is 5.26 Å². The van der Waals surface area contributed by atoms with Crippen LogP contribution in [0.5, 0.6) is 11.5 Å². The summed E-state index contributed by atoms with van der Waals surface area (Å²) in [7, 11) is 0. The highest BCUT2D eigenvalue weighted by atomic mass is 35.5. The van der Waals surface area contributed by atoms with Gasteiger partial charge in [0.05, 0.1) is 10.7 Å². The number of halogens is 1. The summed E-state index contributed by atoms with van der Waals surface area (Å²) in [5, 5.41) is 21.1. The van der Waals surface area contributed by atoms with Gasteiger partial charge in [-0.05, 0) is 61.7 Å². The Kier molecular flexibility index (Phi) is 7.23. The number of amides is 1. The summed E-state index contributed by atoms with van der Waals surface area (Å²) < 4.78 is 5.80. The van der Waals surface area contributed by atoms with E-state index in [1.807, 2.05) is 19.1 Å². The largest absolute Gasteiger partial charge is 0.456 e. The molecule has 2 aromatic carbocycles. The van der Waals surface area contributed by atoms with Crippen LogP contribution in [0.3, 0.4) is 0 Å². The van der Waals surface area contributed by atoms with Crippen LogP contribution in [-0.2, 0) is 4.79 Å². The number of nitriles is 1. The molecule has 0 radical (unpaired) electrons. The molecule has 6 N–H and O–H groups in total. The first-order chi connectivity index (χ1) is 15.3. The van der Waals surface area contributed by atoms with Crippen molar-refractivity contribution in [3.05, 3.63) is 70.0 Å². The number of benzene rings is 2. The lowest BCUT2D eigenvalue weighted by Crippen LogP contribution is -2.46. The fourth-order valence-electron chi connectivity index (χ4n) is 3.52. The number of piperidine rings is 1. The van der Waals surface area contributed by atoms with E-state index in [0.29, 0.717) is 35.2 Å². The second-order valence-corrected chi connectivity index (χ2v) is 8.02. The molecule has 2 aromatic rings. The number of nitrogens with two attached hydrogens (primary N) is 2. The number of likely N-dealkylation sites (tertiary alicyclic amines) is 1. The van der Waals surface area contributed by atoms with Gasteiger partial charge in [0, 0.05) is 24.7 Å². The standard InChI is InChI=1S/C23H25ClN6O2/c1-14-4-9-19(18(24)11-14)32-17-7-5-15(6-8-17)21(26)20(23(28)31)22(27)29-16-3-2-10-30(12-16)13-25/h4-9,11,16,26,29H,2-3,10,12,27H2,1H3,(H2,28,31)/b22-20+,26-21?. The number of carbonyl (C=O) groups excluding carboxylic acids is 1. The Labute approximate surface area is 191 Å². The maximum Gasteiger partial charge on any atom is 0.254 e. The lowest BCUT2D eigenvalue weighted by molar-refractivity contribution is -0.114. The third-order valence-electron chi connectivity index (χ3n) is 5.15. The first kappa shape index (κ1) is 23.0. The molecule has 9 heteroatoms. The van der Waals surface area contributed by atoms with Gasteiger partial charge in [0.2, 0.25) is 0 Å². The summed E-state index contributed by atoms with van der Waals surface area (Å²) in [6.07, 6.45) is 3.74. The zero-order valence-electron chi connectivity index (χ0n) is 17.7. The molecule has 0 aliphatic carbocycles. The molecule has 1 unspecified atom stereocenters. The van der Waals surface area contributed by atoms with Crippen LogP contribution in [0.15, 0.2) is 53.9 Å². The number of primary amides is 1. The highest BCUT2D eigenvalue weighted by molar-refractivity contribution is 6.32. The first-order valence-electron chi connectivity index (χ1n) is 10.1. The Bertz CT molecular complexity index is 1090. The Morgan fingerprint density at radius 2 is 2.00 bits per heavy atom. The molecule has 1 aliphatic rings. The molecule has 32 heavy (non-hydrogen) atoms. The molecule has 1 heterocycles. The maximum absolute atomic E-state index is 12.1. The minimum absolute atomic E-state index is 0.0269. The Morgan fingerprint density at radius 3 is 2.62 bits per heavy atom. The number of rotatable bonds is 7. The second kappa shape index (κ2) is 10.1. The molecule has 3 rings (SSSR count). The first-order valence-corrected chi connectivity index (χ1v) is 10.5. The summed E-state index contributed by atoms with van der Waals surface area (Å²) in [5.74, 6) is 0.269. The van der Waals surface area contributed by atoms with Crippen LogP contribution in [0, 0.1) is 23.8 Å². The van der Waals surface area contributed by atoms with E-state index in [-0.39, 0.29) is 23.1 Å². The molecule has 1 aliphatic heterocycles. The van der Waals surface area contributed by atoms with Crippen molar-refractivity contribution < 1.29 is 9.53 Å². The zero-order chi connectivity index (χ0) is 23.3. The summed E-state index contributed by atoms with van der Waals surface area (Å²) in [5.41, 5.74) is 12.9. The fourth-order valence-corrected chi connectivity index (χ4v) is 3.79. The van der Waals surface area contributed by atoms with Crippen LogP contribution >= 0.6 is 11.6 Å². The topological polar surface area (TPSA) is 141 Å². The molecular formula is C23H25ClN6O2. The fraction of sp³-hybridized carbons (Fsp3) is 0.261. The van der Waals surface area contributed by atoms with Gasteiger partial charge < -0.3 is 26.4 Å². The zero-order valence-corrected chi connectivity index (χ0v) is 18.4. The lowest BCUT2D eigenvalue weighted by atomic mass is 10.0. The molecule has 1 amide bonds. The Balaban J connectivity index is 1.76. The monoisotopic (exact) mass is 452 g/mol. The quantitative estimate of drug-likeness (QED) is 0.289. The minimum atomic E-state index is -0.806. The van der Waals surface area contributed by atoms with Gasteiger partial charge in [-0.15, -0.1) is 0 Å². The molecule has 1 saturated heterocycles. The predicted octanol–water partition coefficient (Wildman–Crippen LogP) is 3.00. The van der Waals surface area contributed by atoms with Crippen molar-refractivity contribution in [2.45, 2.75) is 25.8 Å². The van der Waals surface area contributed by atoms with Crippen molar-refractivity contribution >= 4 is 23.2 Å². The van der Waals surface area contributed by atoms with Crippen molar-refractivity contribution in [1.29, 1.82) is 10.7 Å². The molecule has 1 atom stereocenters. The van der Waals surface area contributed by atoms with Crippen LogP contribution in [0.4, 0.5) is 0 Å². The number of hydrogen-bond donors (Lipinski definition) is 4. The van der Waals surface area contributed by atoms with E-state index >= 15 is 0 Å². The second-order valence-electron chi connectivity index (χ2n) is 7.62. The van der Waals surface area contributed by atoms with Crippen molar-refractivity contribution in [3.8, 4) is 17.7 Å². The van der Waals surface area contributed by atoms with Crippen LogP contribution in [-0.4, -0.2) is 35.7 Å². The van der Waals surface area contributed by atoms with E-state index in [1.54, 1.807) is 35.2 Å². The summed E-state index contributed by atoms with van der Waals surface area (Å²) >= 11 is 6.21. The van der Waals surface area contributed by atoms with Crippen molar-refractivity contribution in [3.63, 3.8) is 0 Å². The number of hydrogen-bond acceptors (Lipinski definition) is 7. The molecular weight excluding hydrogens is 428 g/mol. The number of nitrogens with zero attached hydrogens (tertiary/aromatic N) is 2. The smallest absolute Gasteiger partial charge is 0.254 e. The number of ether oxygens (including phenoxy) is 1. The van der Waals surface area contributed by atoms with Crippen LogP contribution < -0.4 is 21.5 Å². The van der Waals surface area contributed by atoms with E-state index < -0.39 is 5.91 Å². The molecule has 0 aromatic heterocycles. The third-order valence-corrected chi connectivity index (χ3v) is 5.44. The van der Waals surface area contributed by atoms with Crippen molar-refractivity contribution in [2.75, 3.05) is 13.1 Å². The van der Waals surface area contributed by atoms with E-state index in [2.05, 4.69) is 11.5 Å². The number of carbonyl (C=O) groups is 1. The van der Waals surface area contributed by atoms with E-state index in [0.717, 1.165) is 18.4 Å². The normalized spacial score (nSPS) is 16.5. The summed E-state index contributed by atoms with van der Waals surface area (Å²) in [6, 6.07) is 12.0. The average Bonchev–Trinajstić information content (AvgIpc) is 2.76. The van der Waals surface area contributed by atoms with Crippen molar-refractivity contribution in [2.24, 2.45) is 11.5 Å². The average molecular weight is 453 g/mol. The van der Waals surface area contributed by atoms with Crippen LogP contribution in [0.25, 0.3) is 0 Å². The molecule has 0 saturated carbocycles. The summed E-state index contributed by atoms with van der Waals surface area (Å²) in [4.78, 5) is 13.7. The lowest BCUT2D eigenvalue weighted by Gasteiger charge is -2.30. The van der Waals surface area contributed by atoms with Crippen molar-refractivity contribution in [1.82, 2.24) is 10.2 Å². The Morgan fingerprint density at radius 1 is 1.28 bits per heavy atom. The van der Waals surface area contributed by atoms with E-state index in [4.69, 9.17) is 38.5 Å². The van der Waals surface area contributed by atoms with E-state index in [1.165, 1.54) is 0 Å². The number of nitrogens with one attached hydrogen (secondary N) is 2. The van der Waals surface area contributed by atoms with Gasteiger partial charge in [-0.1, -0.05) is 17.7 Å². The Hall–Kier alpha value is -3.70. The van der Waals surface area contributed by atoms with Gasteiger partial charge in [0.1, 0.15) is 22.9 Å². The third kappa shape index (κ3) is 5.50. The highest BCUT2D eigenvalue weighted by Crippen LogP contribution is 2.30. The molecule has 8 nitrogen and oxygen atoms in total. The highest BCUT2D eigenvalue weighted by Gasteiger charge is 2.23. The maximum atomic E-state index is 12.1. The van der Waals surface area contributed by atoms with Crippen LogP contribution in [0.1, 0.15) is 24.0 Å². The molecule has 1 fully saturated rings. The van der Waals surface area contributed by atoms with Crippen LogP contribution in [0.2, 0.25) is 5.02 Å². The predicted molar refractivity (Wildman–Crippen MR) is 123 cm³/mol.